The Morgan fingerprint density at radius 1 is 1.33 bits per heavy atom. The molecule has 0 saturated carbocycles. The molecule has 1 saturated heterocycles. The Labute approximate surface area is 110 Å². The largest absolute Gasteiger partial charge is 0.494 e. The van der Waals surface area contributed by atoms with Gasteiger partial charge in [0.1, 0.15) is 5.75 Å². The molecular formula is C15H24N2O. The molecule has 2 rings (SSSR count). The molecule has 0 radical (unpaired) electrons. The summed E-state index contributed by atoms with van der Waals surface area (Å²) in [4.78, 5) is 2.56. The Balaban J connectivity index is 1.60. The highest BCUT2D eigenvalue weighted by molar-refractivity contribution is 5.41. The minimum Gasteiger partial charge on any atom is -0.494 e. The van der Waals surface area contributed by atoms with Crippen LogP contribution in [0.1, 0.15) is 26.2 Å². The molecule has 1 aliphatic rings. The standard InChI is InChI=1S/C15H24N2O/c1-2-13-8-10-17(12-13)9-3-11-18-15-6-4-14(16)5-7-15/h4-7,13H,2-3,8-12,16H2,1H3. The van der Waals surface area contributed by atoms with Gasteiger partial charge in [-0.25, -0.2) is 0 Å². The fourth-order valence-electron chi connectivity index (χ4n) is 2.49. The van der Waals surface area contributed by atoms with E-state index in [1.807, 2.05) is 24.3 Å². The van der Waals surface area contributed by atoms with Crippen molar-refractivity contribution in [1.82, 2.24) is 4.90 Å². The average Bonchev–Trinajstić information content (AvgIpc) is 2.85. The quantitative estimate of drug-likeness (QED) is 0.621. The van der Waals surface area contributed by atoms with Crippen molar-refractivity contribution in [2.75, 3.05) is 32.0 Å². The Hall–Kier alpha value is -1.22. The average molecular weight is 248 g/mol. The molecule has 0 spiro atoms. The lowest BCUT2D eigenvalue weighted by Gasteiger charge is -2.15. The van der Waals surface area contributed by atoms with Gasteiger partial charge in [-0.1, -0.05) is 13.3 Å². The number of nitrogen functional groups attached to an aromatic ring is 1. The summed E-state index contributed by atoms with van der Waals surface area (Å²) in [6.07, 6.45) is 3.79. The van der Waals surface area contributed by atoms with E-state index >= 15 is 0 Å². The van der Waals surface area contributed by atoms with Crippen LogP contribution < -0.4 is 10.5 Å². The summed E-state index contributed by atoms with van der Waals surface area (Å²) < 4.78 is 5.69. The van der Waals surface area contributed by atoms with Crippen molar-refractivity contribution >= 4 is 5.69 Å². The predicted octanol–water partition coefficient (Wildman–Crippen LogP) is 2.77. The number of benzene rings is 1. The van der Waals surface area contributed by atoms with Gasteiger partial charge in [0.15, 0.2) is 0 Å². The topological polar surface area (TPSA) is 38.5 Å². The lowest BCUT2D eigenvalue weighted by molar-refractivity contribution is 0.258. The van der Waals surface area contributed by atoms with Gasteiger partial charge in [-0.3, -0.25) is 0 Å². The van der Waals surface area contributed by atoms with Crippen LogP contribution in [0.5, 0.6) is 5.75 Å². The number of likely N-dealkylation sites (tertiary alicyclic amines) is 1. The monoisotopic (exact) mass is 248 g/mol. The van der Waals surface area contributed by atoms with Gasteiger partial charge in [0.25, 0.3) is 0 Å². The van der Waals surface area contributed by atoms with Gasteiger partial charge in [-0.05, 0) is 49.6 Å². The van der Waals surface area contributed by atoms with Gasteiger partial charge in [0.05, 0.1) is 6.61 Å². The van der Waals surface area contributed by atoms with Crippen LogP contribution in [0.4, 0.5) is 5.69 Å². The van der Waals surface area contributed by atoms with Crippen LogP contribution in [-0.4, -0.2) is 31.1 Å². The number of nitrogens with zero attached hydrogens (tertiary/aromatic N) is 1. The molecule has 1 fully saturated rings. The highest BCUT2D eigenvalue weighted by Crippen LogP contribution is 2.19. The van der Waals surface area contributed by atoms with Gasteiger partial charge in [-0.2, -0.15) is 0 Å². The van der Waals surface area contributed by atoms with E-state index in [1.165, 1.54) is 25.9 Å². The SMILES string of the molecule is CCC1CCN(CCCOc2ccc(N)cc2)C1. The Bertz CT molecular complexity index is 350. The first-order chi connectivity index (χ1) is 8.78. The van der Waals surface area contributed by atoms with Crippen LogP contribution >= 0.6 is 0 Å². The molecule has 1 heterocycles. The number of nitrogens with two attached hydrogens (primary N) is 1. The molecule has 1 atom stereocenters. The van der Waals surface area contributed by atoms with Crippen molar-refractivity contribution in [3.8, 4) is 5.75 Å². The van der Waals surface area contributed by atoms with E-state index in [9.17, 15) is 0 Å². The molecule has 2 N–H and O–H groups in total. The summed E-state index contributed by atoms with van der Waals surface area (Å²) in [6.45, 7) is 6.78. The summed E-state index contributed by atoms with van der Waals surface area (Å²) in [5.74, 6) is 1.83. The lowest BCUT2D eigenvalue weighted by atomic mass is 10.1. The maximum absolute atomic E-state index is 5.69. The Kier molecular flexibility index (Phi) is 4.88. The normalized spacial score (nSPS) is 20.2. The minimum atomic E-state index is 0.782. The lowest BCUT2D eigenvalue weighted by Crippen LogP contribution is -2.23. The number of anilines is 1. The zero-order chi connectivity index (χ0) is 12.8. The van der Waals surface area contributed by atoms with Crippen LogP contribution in [0.3, 0.4) is 0 Å². The third-order valence-electron chi connectivity index (χ3n) is 3.71. The number of rotatable bonds is 6. The second-order valence-electron chi connectivity index (χ2n) is 5.13. The molecule has 0 aromatic heterocycles. The molecule has 0 amide bonds. The number of hydrogen-bond donors (Lipinski definition) is 1. The van der Waals surface area contributed by atoms with Crippen molar-refractivity contribution in [3.63, 3.8) is 0 Å². The molecule has 1 aliphatic heterocycles. The van der Waals surface area contributed by atoms with Crippen LogP contribution in [0, 0.1) is 5.92 Å². The van der Waals surface area contributed by atoms with Crippen molar-refractivity contribution in [3.05, 3.63) is 24.3 Å². The molecular weight excluding hydrogens is 224 g/mol. The summed E-state index contributed by atoms with van der Waals surface area (Å²) >= 11 is 0. The van der Waals surface area contributed by atoms with E-state index in [4.69, 9.17) is 10.5 Å². The highest BCUT2D eigenvalue weighted by Gasteiger charge is 2.19. The van der Waals surface area contributed by atoms with Gasteiger partial charge in [0.2, 0.25) is 0 Å². The van der Waals surface area contributed by atoms with Gasteiger partial charge < -0.3 is 15.4 Å². The third kappa shape index (κ3) is 3.91. The van der Waals surface area contributed by atoms with Crippen molar-refractivity contribution in [2.45, 2.75) is 26.2 Å². The molecule has 0 aliphatic carbocycles. The van der Waals surface area contributed by atoms with E-state index in [0.29, 0.717) is 0 Å². The van der Waals surface area contributed by atoms with Crippen molar-refractivity contribution in [2.24, 2.45) is 5.92 Å². The molecule has 1 unspecified atom stereocenters. The zero-order valence-electron chi connectivity index (χ0n) is 11.3. The second kappa shape index (κ2) is 6.64. The number of hydrogen-bond acceptors (Lipinski definition) is 3. The smallest absolute Gasteiger partial charge is 0.119 e. The van der Waals surface area contributed by atoms with Crippen LogP contribution in [0.2, 0.25) is 0 Å². The van der Waals surface area contributed by atoms with Gasteiger partial charge >= 0.3 is 0 Å². The summed E-state index contributed by atoms with van der Waals surface area (Å²) in [5, 5.41) is 0. The Morgan fingerprint density at radius 3 is 2.78 bits per heavy atom. The molecule has 0 bridgehead atoms. The molecule has 3 heteroatoms. The minimum absolute atomic E-state index is 0.782. The molecule has 1 aromatic rings. The number of ether oxygens (including phenoxy) is 1. The van der Waals surface area contributed by atoms with Gasteiger partial charge in [0, 0.05) is 18.8 Å². The van der Waals surface area contributed by atoms with E-state index in [-0.39, 0.29) is 0 Å². The molecule has 18 heavy (non-hydrogen) atoms. The van der Waals surface area contributed by atoms with E-state index in [0.717, 1.165) is 36.9 Å². The maximum Gasteiger partial charge on any atom is 0.119 e. The zero-order valence-corrected chi connectivity index (χ0v) is 11.3. The summed E-state index contributed by atoms with van der Waals surface area (Å²) in [6, 6.07) is 7.61. The summed E-state index contributed by atoms with van der Waals surface area (Å²) in [5.41, 5.74) is 6.41. The Morgan fingerprint density at radius 2 is 2.11 bits per heavy atom. The molecule has 3 nitrogen and oxygen atoms in total. The fraction of sp³-hybridized carbons (Fsp3) is 0.600. The maximum atomic E-state index is 5.69. The first-order valence-electron chi connectivity index (χ1n) is 6.98. The van der Waals surface area contributed by atoms with E-state index < -0.39 is 0 Å². The first-order valence-corrected chi connectivity index (χ1v) is 6.98. The predicted molar refractivity (Wildman–Crippen MR) is 75.8 cm³/mol. The molecule has 1 aromatic carbocycles. The van der Waals surface area contributed by atoms with Gasteiger partial charge in [-0.15, -0.1) is 0 Å². The first kappa shape index (κ1) is 13.2. The van der Waals surface area contributed by atoms with Crippen LogP contribution in [0.25, 0.3) is 0 Å². The fourth-order valence-corrected chi connectivity index (χ4v) is 2.49. The van der Waals surface area contributed by atoms with Crippen molar-refractivity contribution < 1.29 is 4.74 Å². The molecule has 100 valence electrons. The third-order valence-corrected chi connectivity index (χ3v) is 3.71. The second-order valence-corrected chi connectivity index (χ2v) is 5.13. The van der Waals surface area contributed by atoms with Crippen LogP contribution in [-0.2, 0) is 0 Å². The van der Waals surface area contributed by atoms with E-state index in [2.05, 4.69) is 11.8 Å². The van der Waals surface area contributed by atoms with E-state index in [1.54, 1.807) is 0 Å². The summed E-state index contributed by atoms with van der Waals surface area (Å²) in [7, 11) is 0. The highest BCUT2D eigenvalue weighted by atomic mass is 16.5. The van der Waals surface area contributed by atoms with Crippen LogP contribution in [0.15, 0.2) is 24.3 Å². The van der Waals surface area contributed by atoms with Crippen molar-refractivity contribution in [1.29, 1.82) is 0 Å².